The second-order valence-corrected chi connectivity index (χ2v) is 6.45. The molecule has 0 aromatic heterocycles. The number of allylic oxidation sites excluding steroid dienone is 2. The van der Waals surface area contributed by atoms with Crippen LogP contribution in [0.5, 0.6) is 11.5 Å². The largest absolute Gasteiger partial charge is 0.489 e. The summed E-state index contributed by atoms with van der Waals surface area (Å²) < 4.78 is 11.5. The van der Waals surface area contributed by atoms with Crippen LogP contribution in [-0.4, -0.2) is 17.3 Å². The van der Waals surface area contributed by atoms with Gasteiger partial charge in [-0.3, -0.25) is 14.9 Å². The molecule has 2 aromatic carbocycles. The number of fused-ring (bicyclic) bond motifs is 1. The van der Waals surface area contributed by atoms with Gasteiger partial charge in [-0.1, -0.05) is 17.7 Å². The van der Waals surface area contributed by atoms with E-state index < -0.39 is 4.92 Å². The van der Waals surface area contributed by atoms with Crippen LogP contribution < -0.4 is 9.47 Å². The second kappa shape index (κ2) is 7.45. The Kier molecular flexibility index (Phi) is 5.07. The second-order valence-electron chi connectivity index (χ2n) is 6.45. The van der Waals surface area contributed by atoms with Gasteiger partial charge < -0.3 is 9.47 Å². The fourth-order valence-corrected chi connectivity index (χ4v) is 2.70. The average molecular weight is 365 g/mol. The van der Waals surface area contributed by atoms with Gasteiger partial charge in [0.2, 0.25) is 5.78 Å². The van der Waals surface area contributed by atoms with Crippen LogP contribution in [0.1, 0.15) is 35.3 Å². The van der Waals surface area contributed by atoms with E-state index >= 15 is 0 Å². The molecular formula is C21H19NO5. The maximum Gasteiger partial charge on any atom is 0.270 e. The molecule has 0 amide bonds. The number of carbonyl (C=O) groups excluding carboxylic acids is 1. The van der Waals surface area contributed by atoms with E-state index in [1.807, 2.05) is 26.8 Å². The van der Waals surface area contributed by atoms with Crippen LogP contribution in [-0.2, 0) is 0 Å². The fraction of sp³-hybridized carbons (Fsp3) is 0.190. The van der Waals surface area contributed by atoms with Gasteiger partial charge in [-0.25, -0.2) is 0 Å². The average Bonchev–Trinajstić information content (AvgIpc) is 2.94. The Balaban J connectivity index is 1.88. The van der Waals surface area contributed by atoms with Gasteiger partial charge in [-0.05, 0) is 50.6 Å². The lowest BCUT2D eigenvalue weighted by Crippen LogP contribution is -1.98. The number of rotatable bonds is 5. The molecule has 1 heterocycles. The van der Waals surface area contributed by atoms with Gasteiger partial charge in [-0.2, -0.15) is 0 Å². The highest BCUT2D eigenvalue weighted by molar-refractivity contribution is 6.15. The predicted octanol–water partition coefficient (Wildman–Crippen LogP) is 4.86. The van der Waals surface area contributed by atoms with Crippen molar-refractivity contribution in [2.45, 2.75) is 20.8 Å². The quantitative estimate of drug-likeness (QED) is 0.327. The van der Waals surface area contributed by atoms with Gasteiger partial charge in [0, 0.05) is 17.7 Å². The van der Waals surface area contributed by atoms with Crippen molar-refractivity contribution in [3.63, 3.8) is 0 Å². The van der Waals surface area contributed by atoms with Crippen molar-refractivity contribution in [1.29, 1.82) is 0 Å². The van der Waals surface area contributed by atoms with Crippen LogP contribution in [0.15, 0.2) is 53.8 Å². The smallest absolute Gasteiger partial charge is 0.270 e. The van der Waals surface area contributed by atoms with Crippen LogP contribution in [0.3, 0.4) is 0 Å². The molecule has 0 N–H and O–H groups in total. The number of nitro benzene ring substituents is 1. The van der Waals surface area contributed by atoms with E-state index in [0.717, 1.165) is 11.1 Å². The molecule has 0 radical (unpaired) electrons. The molecule has 6 heteroatoms. The molecule has 27 heavy (non-hydrogen) atoms. The van der Waals surface area contributed by atoms with Gasteiger partial charge in [0.25, 0.3) is 5.69 Å². The summed E-state index contributed by atoms with van der Waals surface area (Å²) in [4.78, 5) is 23.0. The first-order chi connectivity index (χ1) is 12.9. The highest BCUT2D eigenvalue weighted by atomic mass is 16.6. The zero-order chi connectivity index (χ0) is 19.6. The van der Waals surface area contributed by atoms with E-state index in [9.17, 15) is 14.9 Å². The molecule has 1 aliphatic rings. The van der Waals surface area contributed by atoms with Crippen molar-refractivity contribution in [1.82, 2.24) is 0 Å². The number of Topliss-reactive ketones (excluding diaryl/α,β-unsaturated/α-hetero) is 1. The number of non-ortho nitro benzene ring substituents is 1. The molecule has 2 aromatic rings. The SMILES string of the molecule is CC(C)=CCOc1ccc2c(c1C)O/C(=C\c1cccc([N+](=O)[O-])c1)C2=O. The maximum atomic E-state index is 12.6. The number of nitro groups is 1. The Morgan fingerprint density at radius 3 is 2.74 bits per heavy atom. The van der Waals surface area contributed by atoms with E-state index in [2.05, 4.69) is 0 Å². The number of benzene rings is 2. The number of hydrogen-bond donors (Lipinski definition) is 0. The lowest BCUT2D eigenvalue weighted by Gasteiger charge is -2.10. The third kappa shape index (κ3) is 3.89. The van der Waals surface area contributed by atoms with E-state index in [1.54, 1.807) is 24.3 Å². The number of hydrogen-bond acceptors (Lipinski definition) is 5. The summed E-state index contributed by atoms with van der Waals surface area (Å²) >= 11 is 0. The Morgan fingerprint density at radius 2 is 2.04 bits per heavy atom. The van der Waals surface area contributed by atoms with Crippen LogP contribution in [0.2, 0.25) is 0 Å². The highest BCUT2D eigenvalue weighted by Gasteiger charge is 2.30. The number of ether oxygens (including phenoxy) is 2. The molecule has 0 spiro atoms. The summed E-state index contributed by atoms with van der Waals surface area (Å²) in [6.45, 7) is 6.25. The minimum atomic E-state index is -0.478. The maximum absolute atomic E-state index is 12.6. The van der Waals surface area contributed by atoms with Crippen LogP contribution in [0.25, 0.3) is 6.08 Å². The topological polar surface area (TPSA) is 78.7 Å². The Hall–Kier alpha value is -3.41. The van der Waals surface area contributed by atoms with E-state index in [0.29, 0.717) is 29.2 Å². The Bertz CT molecular complexity index is 984. The molecule has 0 saturated heterocycles. The molecule has 3 rings (SSSR count). The van der Waals surface area contributed by atoms with Crippen LogP contribution in [0, 0.1) is 17.0 Å². The van der Waals surface area contributed by atoms with Crippen LogP contribution in [0.4, 0.5) is 5.69 Å². The molecular weight excluding hydrogens is 346 g/mol. The summed E-state index contributed by atoms with van der Waals surface area (Å²) in [6, 6.07) is 9.47. The third-order valence-electron chi connectivity index (χ3n) is 4.15. The summed E-state index contributed by atoms with van der Waals surface area (Å²) in [5.74, 6) is 0.993. The minimum Gasteiger partial charge on any atom is -0.489 e. The van der Waals surface area contributed by atoms with Crippen molar-refractivity contribution in [3.05, 3.63) is 80.6 Å². The predicted molar refractivity (Wildman–Crippen MR) is 102 cm³/mol. The van der Waals surface area contributed by atoms with Crippen molar-refractivity contribution >= 4 is 17.5 Å². The molecule has 0 fully saturated rings. The Labute approximate surface area is 156 Å². The molecule has 0 saturated carbocycles. The standard InChI is InChI=1S/C21H19NO5/c1-13(2)9-10-26-18-8-7-17-20(23)19(27-21(17)14(18)3)12-15-5-4-6-16(11-15)22(24)25/h4-9,11-12H,10H2,1-3H3/b19-12-. The van der Waals surface area contributed by atoms with Gasteiger partial charge in [0.1, 0.15) is 18.1 Å². The van der Waals surface area contributed by atoms with E-state index in [1.165, 1.54) is 18.2 Å². The lowest BCUT2D eigenvalue weighted by atomic mass is 10.1. The molecule has 138 valence electrons. The molecule has 0 atom stereocenters. The third-order valence-corrected chi connectivity index (χ3v) is 4.15. The summed E-state index contributed by atoms with van der Waals surface area (Å²) in [5, 5.41) is 10.9. The number of nitrogens with zero attached hydrogens (tertiary/aromatic N) is 1. The molecule has 0 aliphatic carbocycles. The minimum absolute atomic E-state index is 0.0431. The fourth-order valence-electron chi connectivity index (χ4n) is 2.70. The number of ketones is 1. The first-order valence-electron chi connectivity index (χ1n) is 8.45. The van der Waals surface area contributed by atoms with Gasteiger partial charge in [0.05, 0.1) is 10.5 Å². The molecule has 0 unspecified atom stereocenters. The van der Waals surface area contributed by atoms with Gasteiger partial charge >= 0.3 is 0 Å². The zero-order valence-corrected chi connectivity index (χ0v) is 15.3. The lowest BCUT2D eigenvalue weighted by molar-refractivity contribution is -0.384. The van der Waals surface area contributed by atoms with Gasteiger partial charge in [0.15, 0.2) is 5.76 Å². The van der Waals surface area contributed by atoms with E-state index in [-0.39, 0.29) is 17.2 Å². The first-order valence-corrected chi connectivity index (χ1v) is 8.45. The van der Waals surface area contributed by atoms with Crippen molar-refractivity contribution in [3.8, 4) is 11.5 Å². The zero-order valence-electron chi connectivity index (χ0n) is 15.3. The van der Waals surface area contributed by atoms with Crippen molar-refractivity contribution < 1.29 is 19.2 Å². The molecule has 6 nitrogen and oxygen atoms in total. The molecule has 1 aliphatic heterocycles. The van der Waals surface area contributed by atoms with Crippen LogP contribution >= 0.6 is 0 Å². The van der Waals surface area contributed by atoms with E-state index in [4.69, 9.17) is 9.47 Å². The molecule has 0 bridgehead atoms. The summed E-state index contributed by atoms with van der Waals surface area (Å²) in [5.41, 5.74) is 2.84. The normalized spacial score (nSPS) is 13.9. The first kappa shape index (κ1) is 18.4. The summed E-state index contributed by atoms with van der Waals surface area (Å²) in [7, 11) is 0. The number of carbonyl (C=O) groups is 1. The van der Waals surface area contributed by atoms with Gasteiger partial charge in [-0.15, -0.1) is 0 Å². The summed E-state index contributed by atoms with van der Waals surface area (Å²) in [6.07, 6.45) is 3.48. The van der Waals surface area contributed by atoms with Crippen molar-refractivity contribution in [2.75, 3.05) is 6.61 Å². The monoisotopic (exact) mass is 365 g/mol. The van der Waals surface area contributed by atoms with Crippen molar-refractivity contribution in [2.24, 2.45) is 0 Å². The Morgan fingerprint density at radius 1 is 1.26 bits per heavy atom. The highest BCUT2D eigenvalue weighted by Crippen LogP contribution is 2.39.